The van der Waals surface area contributed by atoms with Gasteiger partial charge in [0, 0.05) is 31.4 Å². The Morgan fingerprint density at radius 2 is 1.94 bits per heavy atom. The molecular formula is C22H18F2N6O. The minimum absolute atomic E-state index is 0.0870. The number of aromatic nitrogens is 4. The molecule has 156 valence electrons. The molecule has 0 radical (unpaired) electrons. The number of nitrogens with zero attached hydrogens (tertiary/aromatic N) is 5. The molecule has 7 nitrogen and oxygen atoms in total. The molecular weight excluding hydrogens is 402 g/mol. The molecule has 0 unspecified atom stereocenters. The smallest absolute Gasteiger partial charge is 0.261 e. The van der Waals surface area contributed by atoms with E-state index in [2.05, 4.69) is 20.5 Å². The van der Waals surface area contributed by atoms with Gasteiger partial charge in [-0.2, -0.15) is 10.2 Å². The predicted molar refractivity (Wildman–Crippen MR) is 112 cm³/mol. The van der Waals surface area contributed by atoms with Gasteiger partial charge < -0.3 is 5.32 Å². The summed E-state index contributed by atoms with van der Waals surface area (Å²) in [6.45, 7) is 2.42. The number of anilines is 1. The first-order chi connectivity index (χ1) is 14.8. The van der Waals surface area contributed by atoms with Crippen molar-refractivity contribution in [1.29, 1.82) is 0 Å². The van der Waals surface area contributed by atoms with E-state index < -0.39 is 23.1 Å². The van der Waals surface area contributed by atoms with Gasteiger partial charge in [-0.05, 0) is 30.7 Å². The highest BCUT2D eigenvalue weighted by molar-refractivity contribution is 6.15. The molecule has 0 saturated carbocycles. The third kappa shape index (κ3) is 3.00. The lowest BCUT2D eigenvalue weighted by atomic mass is 10.0. The highest BCUT2D eigenvalue weighted by Gasteiger charge is 2.24. The Kier molecular flexibility index (Phi) is 4.21. The summed E-state index contributed by atoms with van der Waals surface area (Å²) in [5, 5.41) is 11.0. The summed E-state index contributed by atoms with van der Waals surface area (Å²) >= 11 is 0. The number of nitrogens with one attached hydrogen (secondary N) is 1. The van der Waals surface area contributed by atoms with E-state index >= 15 is 0 Å². The molecule has 4 aromatic rings. The van der Waals surface area contributed by atoms with Crippen LogP contribution in [0.5, 0.6) is 0 Å². The molecule has 0 aliphatic carbocycles. The fraction of sp³-hybridized carbons (Fsp3) is 0.182. The van der Waals surface area contributed by atoms with E-state index in [0.717, 1.165) is 34.3 Å². The van der Waals surface area contributed by atoms with E-state index in [1.165, 1.54) is 10.9 Å². The molecule has 3 heterocycles. The number of aryl methyl sites for hydroxylation is 3. The van der Waals surface area contributed by atoms with Gasteiger partial charge in [-0.25, -0.2) is 8.78 Å². The molecule has 9 heteroatoms. The fourth-order valence-corrected chi connectivity index (χ4v) is 3.93. The van der Waals surface area contributed by atoms with E-state index in [4.69, 9.17) is 0 Å². The van der Waals surface area contributed by atoms with Crippen LogP contribution in [0.3, 0.4) is 0 Å². The van der Waals surface area contributed by atoms with Gasteiger partial charge in [-0.1, -0.05) is 6.07 Å². The number of rotatable bonds is 3. The SMILES string of the molecule is Cc1cc(C2=NCc3ccc(NC(=O)c4c(F)cc5c(cnn5C)c4F)cc32)n(C)n1. The van der Waals surface area contributed by atoms with Crippen molar-refractivity contribution in [2.75, 3.05) is 5.32 Å². The van der Waals surface area contributed by atoms with Crippen molar-refractivity contribution in [1.82, 2.24) is 19.6 Å². The standard InChI is InChI=1S/C22H18F2N6O/c1-11-6-18(30(3)28-11)21-14-7-13(5-4-12(14)9-25-21)27-22(31)19-16(23)8-17-15(20(19)24)10-26-29(17)2/h4-8,10H,9H2,1-3H3,(H,27,31). The van der Waals surface area contributed by atoms with Crippen LogP contribution in [0.15, 0.2) is 41.5 Å². The Bertz CT molecular complexity index is 1420. The number of carbonyl (C=O) groups excluding carboxylic acids is 1. The lowest BCUT2D eigenvalue weighted by molar-refractivity contribution is 0.101. The number of fused-ring (bicyclic) bond motifs is 2. The maximum absolute atomic E-state index is 14.9. The second-order valence-electron chi connectivity index (χ2n) is 7.53. The predicted octanol–water partition coefficient (Wildman–Crippen LogP) is 3.50. The van der Waals surface area contributed by atoms with E-state index in [9.17, 15) is 13.6 Å². The fourth-order valence-electron chi connectivity index (χ4n) is 3.93. The largest absolute Gasteiger partial charge is 0.322 e. The van der Waals surface area contributed by atoms with Crippen LogP contribution in [0, 0.1) is 18.6 Å². The number of hydrogen-bond donors (Lipinski definition) is 1. The van der Waals surface area contributed by atoms with Gasteiger partial charge in [-0.15, -0.1) is 0 Å². The summed E-state index contributed by atoms with van der Waals surface area (Å²) in [4.78, 5) is 17.4. The monoisotopic (exact) mass is 420 g/mol. The quantitative estimate of drug-likeness (QED) is 0.551. The maximum atomic E-state index is 14.9. The Labute approximate surface area is 176 Å². The summed E-state index contributed by atoms with van der Waals surface area (Å²) in [5.74, 6) is -2.75. The van der Waals surface area contributed by atoms with Gasteiger partial charge in [-0.3, -0.25) is 19.2 Å². The van der Waals surface area contributed by atoms with Gasteiger partial charge in [0.25, 0.3) is 5.91 Å². The normalized spacial score (nSPS) is 12.9. The van der Waals surface area contributed by atoms with Crippen molar-refractivity contribution in [2.45, 2.75) is 13.5 Å². The number of hydrogen-bond acceptors (Lipinski definition) is 4. The van der Waals surface area contributed by atoms with Crippen molar-refractivity contribution in [2.24, 2.45) is 19.1 Å². The van der Waals surface area contributed by atoms with Crippen LogP contribution < -0.4 is 5.32 Å². The van der Waals surface area contributed by atoms with Gasteiger partial charge in [0.05, 0.1) is 40.7 Å². The maximum Gasteiger partial charge on any atom is 0.261 e. The van der Waals surface area contributed by atoms with Crippen molar-refractivity contribution in [3.8, 4) is 0 Å². The number of aliphatic imine (C=N–C) groups is 1. The van der Waals surface area contributed by atoms with Crippen LogP contribution in [0.4, 0.5) is 14.5 Å². The van der Waals surface area contributed by atoms with E-state index in [1.54, 1.807) is 23.9 Å². The molecule has 1 aliphatic heterocycles. The molecule has 0 bridgehead atoms. The highest BCUT2D eigenvalue weighted by atomic mass is 19.1. The average molecular weight is 420 g/mol. The van der Waals surface area contributed by atoms with E-state index in [-0.39, 0.29) is 10.9 Å². The van der Waals surface area contributed by atoms with Crippen LogP contribution in [-0.4, -0.2) is 31.2 Å². The van der Waals surface area contributed by atoms with Gasteiger partial charge in [0.1, 0.15) is 17.2 Å². The van der Waals surface area contributed by atoms with Crippen molar-refractivity contribution < 1.29 is 13.6 Å². The van der Waals surface area contributed by atoms with Gasteiger partial charge in [0.15, 0.2) is 0 Å². The van der Waals surface area contributed by atoms with Crippen molar-refractivity contribution in [3.05, 3.63) is 76.2 Å². The number of carbonyl (C=O) groups is 1. The zero-order valence-electron chi connectivity index (χ0n) is 17.1. The zero-order chi connectivity index (χ0) is 21.9. The number of amides is 1. The highest BCUT2D eigenvalue weighted by Crippen LogP contribution is 2.28. The lowest BCUT2D eigenvalue weighted by Gasteiger charge is -2.11. The first-order valence-corrected chi connectivity index (χ1v) is 9.63. The van der Waals surface area contributed by atoms with E-state index in [0.29, 0.717) is 12.2 Å². The third-order valence-corrected chi connectivity index (χ3v) is 5.44. The summed E-state index contributed by atoms with van der Waals surface area (Å²) < 4.78 is 32.5. The Balaban J connectivity index is 1.49. The molecule has 5 rings (SSSR count). The molecule has 0 fully saturated rings. The molecule has 31 heavy (non-hydrogen) atoms. The molecule has 1 amide bonds. The Hall–Kier alpha value is -3.88. The third-order valence-electron chi connectivity index (χ3n) is 5.44. The Morgan fingerprint density at radius 3 is 2.68 bits per heavy atom. The van der Waals surface area contributed by atoms with Crippen LogP contribution in [0.25, 0.3) is 10.9 Å². The molecule has 1 aliphatic rings. The molecule has 0 saturated heterocycles. The summed E-state index contributed by atoms with van der Waals surface area (Å²) in [6, 6.07) is 8.36. The molecule has 0 spiro atoms. The van der Waals surface area contributed by atoms with Gasteiger partial charge >= 0.3 is 0 Å². The second kappa shape index (κ2) is 6.83. The lowest BCUT2D eigenvalue weighted by Crippen LogP contribution is -2.17. The first kappa shape index (κ1) is 19.1. The van der Waals surface area contributed by atoms with Crippen LogP contribution >= 0.6 is 0 Å². The minimum Gasteiger partial charge on any atom is -0.322 e. The topological polar surface area (TPSA) is 77.1 Å². The average Bonchev–Trinajstić information content (AvgIpc) is 3.39. The molecule has 1 N–H and O–H groups in total. The van der Waals surface area contributed by atoms with Crippen LogP contribution in [0.1, 0.15) is 32.9 Å². The zero-order valence-corrected chi connectivity index (χ0v) is 17.1. The summed E-state index contributed by atoms with van der Waals surface area (Å²) in [5.41, 5.74) is 4.40. The van der Waals surface area contributed by atoms with Crippen LogP contribution in [0.2, 0.25) is 0 Å². The summed E-state index contributed by atoms with van der Waals surface area (Å²) in [6.07, 6.45) is 1.27. The van der Waals surface area contributed by atoms with E-state index in [1.807, 2.05) is 26.1 Å². The summed E-state index contributed by atoms with van der Waals surface area (Å²) in [7, 11) is 3.42. The minimum atomic E-state index is -0.945. The van der Waals surface area contributed by atoms with Gasteiger partial charge in [0.2, 0.25) is 0 Å². The Morgan fingerprint density at radius 1 is 1.13 bits per heavy atom. The van der Waals surface area contributed by atoms with Crippen molar-refractivity contribution in [3.63, 3.8) is 0 Å². The molecule has 2 aromatic heterocycles. The first-order valence-electron chi connectivity index (χ1n) is 9.63. The second-order valence-corrected chi connectivity index (χ2v) is 7.53. The molecule has 2 aromatic carbocycles. The molecule has 0 atom stereocenters. The number of halogens is 2. The van der Waals surface area contributed by atoms with Crippen LogP contribution in [-0.2, 0) is 20.6 Å². The number of benzene rings is 2. The van der Waals surface area contributed by atoms with Crippen molar-refractivity contribution >= 4 is 28.2 Å².